The van der Waals surface area contributed by atoms with Gasteiger partial charge in [0.05, 0.1) is 13.2 Å². The van der Waals surface area contributed by atoms with Crippen LogP contribution in [0.2, 0.25) is 0 Å². The molecular weight excluding hydrogens is 712 g/mol. The Morgan fingerprint density at radius 1 is 0.620 bits per heavy atom. The van der Waals surface area contributed by atoms with Crippen molar-refractivity contribution in [2.45, 2.75) is 64.3 Å². The van der Waals surface area contributed by atoms with Gasteiger partial charge in [-0.25, -0.2) is 38.4 Å². The zero-order valence-corrected chi connectivity index (χ0v) is 24.1. The standard InChI is InChI=1S/C22H24O28/c1-4(25)47-17(9(31)32)6(26)18(10(33)34,49-15(3-24,7(27)28)19(17,44)11(35)36)50-22(14(41)42)21(46,13(39)40)20(45,12(37)38)16(43,8(29)30)5(2-23)48-22/h5-6,23-24,26,43-46H,2-3H2,1H3,(H,27,28)(H,29,30)(H,31,32)(H,33,34)(H,35,36)(H,37,38)(H,39,40)(H,41,42)/t5-,6-,15+,16+,17+,18+,19-,20+,21-,22-/m1/s1. The molecule has 0 bridgehead atoms. The largest absolute Gasteiger partial charge is 0.479 e. The van der Waals surface area contributed by atoms with Gasteiger partial charge in [-0.1, -0.05) is 0 Å². The molecule has 0 radical (unpaired) electrons. The van der Waals surface area contributed by atoms with E-state index < -0.39 is 124 Å². The summed E-state index contributed by atoms with van der Waals surface area (Å²) < 4.78 is 17.5. The summed E-state index contributed by atoms with van der Waals surface area (Å²) >= 11 is 0. The van der Waals surface area contributed by atoms with E-state index in [0.717, 1.165) is 0 Å². The van der Waals surface area contributed by atoms with E-state index in [1.54, 1.807) is 0 Å². The number of rotatable bonds is 13. The maximum atomic E-state index is 12.9. The molecule has 0 aliphatic carbocycles. The topological polar surface area (TPSA) is 494 Å². The van der Waals surface area contributed by atoms with Gasteiger partial charge in [-0.15, -0.1) is 0 Å². The van der Waals surface area contributed by atoms with Crippen LogP contribution in [0.1, 0.15) is 6.92 Å². The lowest BCUT2D eigenvalue weighted by molar-refractivity contribution is -0.481. The second-order valence-corrected chi connectivity index (χ2v) is 10.3. The van der Waals surface area contributed by atoms with E-state index in [1.165, 1.54) is 0 Å². The predicted octanol–water partition coefficient (Wildman–Crippen LogP) is -9.19. The van der Waals surface area contributed by atoms with Crippen molar-refractivity contribution in [1.29, 1.82) is 0 Å². The number of hydrogen-bond donors (Lipinski definition) is 15. The van der Waals surface area contributed by atoms with Gasteiger partial charge >= 0.3 is 65.3 Å². The van der Waals surface area contributed by atoms with Crippen LogP contribution in [0, 0.1) is 0 Å². The zero-order chi connectivity index (χ0) is 39.6. The maximum Gasteiger partial charge on any atom is 0.368 e. The van der Waals surface area contributed by atoms with Crippen LogP contribution in [-0.4, -0.2) is 201 Å². The predicted molar refractivity (Wildman–Crippen MR) is 131 cm³/mol. The molecule has 2 saturated heterocycles. The summed E-state index contributed by atoms with van der Waals surface area (Å²) in [5, 5.41) is 155. The van der Waals surface area contributed by atoms with Crippen molar-refractivity contribution < 1.29 is 139 Å². The summed E-state index contributed by atoms with van der Waals surface area (Å²) in [6.45, 7) is -4.91. The number of carboxylic acids is 8. The van der Waals surface area contributed by atoms with Gasteiger partial charge in [0.15, 0.2) is 6.10 Å². The number of aliphatic hydroxyl groups excluding tert-OH is 3. The first-order valence-electron chi connectivity index (χ1n) is 12.5. The van der Waals surface area contributed by atoms with Gasteiger partial charge < -0.3 is 90.8 Å². The average Bonchev–Trinajstić information content (AvgIpc) is 2.99. The van der Waals surface area contributed by atoms with Gasteiger partial charge in [-0.2, -0.15) is 0 Å². The second kappa shape index (κ2) is 12.0. The van der Waals surface area contributed by atoms with E-state index in [-0.39, 0.29) is 6.92 Å². The molecular formula is C22H24O28. The number of carbonyl (C=O) groups excluding carboxylic acids is 1. The van der Waals surface area contributed by atoms with Crippen molar-refractivity contribution in [3.05, 3.63) is 0 Å². The molecule has 0 aromatic carbocycles. The quantitative estimate of drug-likeness (QED) is 0.0780. The fourth-order valence-electron chi connectivity index (χ4n) is 5.60. The highest BCUT2D eigenvalue weighted by Gasteiger charge is 2.94. The molecule has 10 atom stereocenters. The summed E-state index contributed by atoms with van der Waals surface area (Å²) in [5.41, 5.74) is -31.8. The zero-order valence-electron chi connectivity index (χ0n) is 24.1. The molecule has 0 saturated carbocycles. The number of carbonyl (C=O) groups is 9. The molecule has 2 fully saturated rings. The van der Waals surface area contributed by atoms with Crippen molar-refractivity contribution >= 4 is 53.7 Å². The van der Waals surface area contributed by atoms with E-state index in [1.807, 2.05) is 0 Å². The molecule has 50 heavy (non-hydrogen) atoms. The molecule has 2 heterocycles. The molecule has 28 heteroatoms. The monoisotopic (exact) mass is 736 g/mol. The highest BCUT2D eigenvalue weighted by atomic mass is 16.8. The molecule has 15 N–H and O–H groups in total. The third-order valence-electron chi connectivity index (χ3n) is 8.00. The van der Waals surface area contributed by atoms with Crippen molar-refractivity contribution in [2.75, 3.05) is 13.2 Å². The van der Waals surface area contributed by atoms with E-state index in [2.05, 4.69) is 18.9 Å². The van der Waals surface area contributed by atoms with Gasteiger partial charge in [0, 0.05) is 6.92 Å². The lowest BCUT2D eigenvalue weighted by Crippen LogP contribution is -2.94. The first-order valence-corrected chi connectivity index (χ1v) is 12.5. The molecule has 2 aliphatic rings. The molecule has 0 spiro atoms. The van der Waals surface area contributed by atoms with E-state index in [9.17, 15) is 120 Å². The number of aliphatic hydroxyl groups is 7. The van der Waals surface area contributed by atoms with E-state index in [4.69, 9.17) is 0 Å². The Morgan fingerprint density at radius 3 is 1.36 bits per heavy atom. The molecule has 280 valence electrons. The smallest absolute Gasteiger partial charge is 0.368 e. The first-order chi connectivity index (χ1) is 22.5. The summed E-state index contributed by atoms with van der Waals surface area (Å²) in [7, 11) is 0. The van der Waals surface area contributed by atoms with Crippen LogP contribution in [0.15, 0.2) is 0 Å². The minimum atomic E-state index is -5.83. The Hall–Kier alpha value is -5.17. The lowest BCUT2D eigenvalue weighted by atomic mass is 9.61. The summed E-state index contributed by atoms with van der Waals surface area (Å²) in [5.74, 6) is -40.3. The maximum absolute atomic E-state index is 12.9. The van der Waals surface area contributed by atoms with Crippen molar-refractivity contribution in [2.24, 2.45) is 0 Å². The highest BCUT2D eigenvalue weighted by molar-refractivity contribution is 6.04. The second-order valence-electron chi connectivity index (χ2n) is 10.3. The third-order valence-corrected chi connectivity index (χ3v) is 8.00. The van der Waals surface area contributed by atoms with Crippen molar-refractivity contribution in [3.8, 4) is 0 Å². The highest BCUT2D eigenvalue weighted by Crippen LogP contribution is 2.57. The number of ether oxygens (including phenoxy) is 4. The Bertz CT molecular complexity index is 1570. The fourth-order valence-corrected chi connectivity index (χ4v) is 5.60. The number of carboxylic acid groups (broad SMARTS) is 8. The number of esters is 1. The molecule has 0 aromatic heterocycles. The third kappa shape index (κ3) is 4.25. The molecule has 0 aromatic rings. The molecule has 2 aliphatic heterocycles. The SMILES string of the molecule is CC(=O)O[C@]1(C(=O)O)[C@@H](O)[C@](O[C@@]2(C(=O)O)O[C@H](CO)[C@](O)(C(=O)O)[C@@](O)(C(=O)O)[C@]2(O)C(=O)O)(C(=O)O)O[C@@](CO)(C(=O)O)[C@]1(O)C(=O)O. The van der Waals surface area contributed by atoms with E-state index >= 15 is 0 Å². The summed E-state index contributed by atoms with van der Waals surface area (Å²) in [4.78, 5) is 112. The Labute approximate surface area is 270 Å². The van der Waals surface area contributed by atoms with Crippen LogP contribution >= 0.6 is 0 Å². The Kier molecular flexibility index (Phi) is 9.85. The van der Waals surface area contributed by atoms with Gasteiger partial charge in [0.25, 0.3) is 22.4 Å². The minimum Gasteiger partial charge on any atom is -0.479 e. The Morgan fingerprint density at radius 2 is 1.08 bits per heavy atom. The Balaban J connectivity index is 3.46. The minimum absolute atomic E-state index is 0.123. The summed E-state index contributed by atoms with van der Waals surface area (Å²) in [6.07, 6.45) is -8.24. The molecule has 28 nitrogen and oxygen atoms in total. The van der Waals surface area contributed by atoms with Crippen LogP contribution in [0.25, 0.3) is 0 Å². The van der Waals surface area contributed by atoms with Crippen molar-refractivity contribution in [3.63, 3.8) is 0 Å². The van der Waals surface area contributed by atoms with Gasteiger partial charge in [-0.3, -0.25) is 9.53 Å². The van der Waals surface area contributed by atoms with E-state index in [0.29, 0.717) is 0 Å². The summed E-state index contributed by atoms with van der Waals surface area (Å²) in [6, 6.07) is 0. The van der Waals surface area contributed by atoms with Crippen LogP contribution in [0.5, 0.6) is 0 Å². The van der Waals surface area contributed by atoms with Gasteiger partial charge in [-0.05, 0) is 0 Å². The molecule has 0 amide bonds. The fraction of sp³-hybridized carbons (Fsp3) is 0.591. The van der Waals surface area contributed by atoms with Crippen LogP contribution < -0.4 is 0 Å². The molecule has 2 rings (SSSR count). The first kappa shape index (κ1) is 41.0. The van der Waals surface area contributed by atoms with Gasteiger partial charge in [0.2, 0.25) is 11.2 Å². The normalized spacial score (nSPS) is 41.3. The number of hydrogen-bond acceptors (Lipinski definition) is 20. The number of aliphatic carboxylic acids is 8. The van der Waals surface area contributed by atoms with Gasteiger partial charge in [0.1, 0.15) is 6.10 Å². The van der Waals surface area contributed by atoms with Crippen molar-refractivity contribution in [1.82, 2.24) is 0 Å². The lowest BCUT2D eigenvalue weighted by Gasteiger charge is -2.61. The van der Waals surface area contributed by atoms with Crippen LogP contribution in [0.3, 0.4) is 0 Å². The average molecular weight is 736 g/mol. The van der Waals surface area contributed by atoms with Crippen LogP contribution in [0.4, 0.5) is 0 Å². The molecule has 0 unspecified atom stereocenters. The van der Waals surface area contributed by atoms with Crippen LogP contribution in [-0.2, 0) is 62.1 Å².